The highest BCUT2D eigenvalue weighted by Gasteiger charge is 2.40. The monoisotopic (exact) mass is 490 g/mol. The summed E-state index contributed by atoms with van der Waals surface area (Å²) in [4.78, 5) is 6.02. The molecule has 0 aromatic heterocycles. The lowest BCUT2D eigenvalue weighted by Crippen LogP contribution is -2.28. The molecule has 3 rings (SSSR count). The summed E-state index contributed by atoms with van der Waals surface area (Å²) in [5.41, 5.74) is 2.38. The second-order valence-corrected chi connectivity index (χ2v) is 11.1. The van der Waals surface area contributed by atoms with E-state index >= 15 is 0 Å². The largest absolute Gasteiger partial charge is 0.344 e. The van der Waals surface area contributed by atoms with Crippen molar-refractivity contribution in [2.24, 2.45) is 4.99 Å². The molecule has 0 bridgehead atoms. The molecular weight excluding hydrogens is 464 g/mol. The Hall–Kier alpha value is -2.79. The van der Waals surface area contributed by atoms with Crippen molar-refractivity contribution in [2.75, 3.05) is 17.2 Å². The molecule has 0 radical (unpaired) electrons. The predicted octanol–water partition coefficient (Wildman–Crippen LogP) is 4.15. The van der Waals surface area contributed by atoms with Crippen molar-refractivity contribution in [3.8, 4) is 0 Å². The van der Waals surface area contributed by atoms with Gasteiger partial charge >= 0.3 is 0 Å². The van der Waals surface area contributed by atoms with Crippen LogP contribution in [0.1, 0.15) is 25.8 Å². The van der Waals surface area contributed by atoms with Gasteiger partial charge < -0.3 is 4.90 Å². The van der Waals surface area contributed by atoms with Gasteiger partial charge in [0.1, 0.15) is 0 Å². The van der Waals surface area contributed by atoms with Crippen LogP contribution in [0.3, 0.4) is 0 Å². The highest BCUT2D eigenvalue weighted by Crippen LogP contribution is 2.48. The van der Waals surface area contributed by atoms with Crippen LogP contribution in [0, 0.1) is 0 Å². The van der Waals surface area contributed by atoms with Crippen LogP contribution in [-0.2, 0) is 25.7 Å². The Morgan fingerprint density at radius 1 is 1.00 bits per heavy atom. The first-order valence-corrected chi connectivity index (χ1v) is 13.3. The van der Waals surface area contributed by atoms with E-state index in [1.54, 1.807) is 24.4 Å². The number of benzene rings is 2. The molecule has 2 aromatic rings. The second kappa shape index (κ2) is 9.60. The molecule has 0 saturated carbocycles. The Kier molecular flexibility index (Phi) is 7.23. The smallest absolute Gasteiger partial charge is 0.294 e. The van der Waals surface area contributed by atoms with E-state index in [1.807, 2.05) is 55.2 Å². The van der Waals surface area contributed by atoms with Crippen LogP contribution in [0.5, 0.6) is 0 Å². The van der Waals surface area contributed by atoms with Gasteiger partial charge in [-0.05, 0) is 54.5 Å². The number of allylic oxidation sites excluding steroid dienone is 4. The van der Waals surface area contributed by atoms with Crippen LogP contribution >= 0.6 is 0 Å². The van der Waals surface area contributed by atoms with Gasteiger partial charge in [-0.3, -0.25) is 14.1 Å². The summed E-state index contributed by atoms with van der Waals surface area (Å²) in [6.45, 7) is 4.12. The van der Waals surface area contributed by atoms with E-state index in [0.29, 0.717) is 17.8 Å². The van der Waals surface area contributed by atoms with Crippen LogP contribution in [-0.4, -0.2) is 44.5 Å². The summed E-state index contributed by atoms with van der Waals surface area (Å²) in [6.07, 6.45) is 7.25. The number of aliphatic imine (C=N–C) groups is 1. The van der Waals surface area contributed by atoms with Gasteiger partial charge in [0.05, 0.1) is 16.3 Å². The molecule has 1 heterocycles. The average molecular weight is 491 g/mol. The van der Waals surface area contributed by atoms with Gasteiger partial charge in [0.2, 0.25) is 0 Å². The van der Waals surface area contributed by atoms with Gasteiger partial charge in [-0.2, -0.15) is 16.8 Å². The first kappa shape index (κ1) is 24.8. The fraction of sp³-hybridized carbons (Fsp3) is 0.261. The van der Waals surface area contributed by atoms with E-state index in [9.17, 15) is 21.4 Å². The number of hydrogen-bond acceptors (Lipinski definition) is 6. The Morgan fingerprint density at radius 3 is 2.33 bits per heavy atom. The van der Waals surface area contributed by atoms with Gasteiger partial charge in [-0.15, -0.1) is 0 Å². The molecule has 0 saturated heterocycles. The van der Waals surface area contributed by atoms with Gasteiger partial charge in [0, 0.05) is 29.6 Å². The lowest BCUT2D eigenvalue weighted by atomic mass is 9.83. The molecule has 1 aliphatic rings. The van der Waals surface area contributed by atoms with E-state index in [4.69, 9.17) is 4.55 Å². The zero-order valence-electron chi connectivity index (χ0n) is 18.3. The van der Waals surface area contributed by atoms with Gasteiger partial charge in [-0.1, -0.05) is 38.1 Å². The molecule has 0 aliphatic carbocycles. The Bertz CT molecular complexity index is 1310. The molecule has 33 heavy (non-hydrogen) atoms. The topological polar surface area (TPSA) is 124 Å². The third-order valence-electron chi connectivity index (χ3n) is 5.38. The number of hydrogen-bond donors (Lipinski definition) is 2. The maximum Gasteiger partial charge on any atom is 0.294 e. The van der Waals surface area contributed by atoms with Crippen molar-refractivity contribution >= 4 is 37.8 Å². The summed E-state index contributed by atoms with van der Waals surface area (Å²) in [6, 6.07) is 13.8. The summed E-state index contributed by atoms with van der Waals surface area (Å²) in [5.74, 6) is -0.394. The van der Waals surface area contributed by atoms with E-state index in [1.165, 1.54) is 12.1 Å². The molecular formula is C23H26N2O6S2. The normalized spacial score (nSPS) is 17.3. The van der Waals surface area contributed by atoms with Gasteiger partial charge in [0.25, 0.3) is 20.2 Å². The molecule has 1 aliphatic heterocycles. The summed E-state index contributed by atoms with van der Waals surface area (Å²) in [5, 5.41) is 0. The van der Waals surface area contributed by atoms with E-state index in [2.05, 4.69) is 4.99 Å². The molecule has 0 fully saturated rings. The summed E-state index contributed by atoms with van der Waals surface area (Å²) < 4.78 is 64.2. The van der Waals surface area contributed by atoms with Gasteiger partial charge in [0.15, 0.2) is 0 Å². The van der Waals surface area contributed by atoms with E-state index in [0.717, 1.165) is 11.4 Å². The Labute approximate surface area is 194 Å². The number of anilines is 1. The molecule has 0 unspecified atom stereocenters. The standard InChI is InChI=1S/C23H26N2O6S2/c1-23(2)20-17-19(33(29,30)31)12-13-21(20)25(15-8-16-32(26,27)28)22(23)11-6-7-14-24-18-9-4-3-5-10-18/h3-7,9-14,17H,8,15-16H2,1-2H3,(H,26,27,28)(H,29,30,31)/b7-6+,22-11+,24-14?. The third kappa shape index (κ3) is 6.17. The number of fused-ring (bicyclic) bond motifs is 1. The van der Waals surface area contributed by atoms with Crippen LogP contribution in [0.15, 0.2) is 82.3 Å². The lowest BCUT2D eigenvalue weighted by Gasteiger charge is -2.26. The van der Waals surface area contributed by atoms with Crippen LogP contribution in [0.4, 0.5) is 11.4 Å². The molecule has 0 spiro atoms. The highest BCUT2D eigenvalue weighted by atomic mass is 32.2. The van der Waals surface area contributed by atoms with E-state index in [-0.39, 0.29) is 11.3 Å². The van der Waals surface area contributed by atoms with Crippen molar-refractivity contribution < 1.29 is 25.9 Å². The molecule has 176 valence electrons. The molecule has 0 atom stereocenters. The summed E-state index contributed by atoms with van der Waals surface area (Å²) in [7, 11) is -8.48. The van der Waals surface area contributed by atoms with Crippen molar-refractivity contribution in [1.82, 2.24) is 0 Å². The maximum atomic E-state index is 11.7. The SMILES string of the molecule is CC1(C)/C(=C\C=C\C=Nc2ccccc2)N(CCCS(=O)(=O)O)c2ccc(S(=O)(=O)O)cc21. The van der Waals surface area contributed by atoms with Crippen molar-refractivity contribution in [3.05, 3.63) is 78.0 Å². The number of para-hydroxylation sites is 1. The molecule has 8 nitrogen and oxygen atoms in total. The van der Waals surface area contributed by atoms with E-state index < -0.39 is 31.4 Å². The molecule has 2 N–H and O–H groups in total. The van der Waals surface area contributed by atoms with Crippen LogP contribution in [0.25, 0.3) is 0 Å². The minimum Gasteiger partial charge on any atom is -0.344 e. The quantitative estimate of drug-likeness (QED) is 0.421. The predicted molar refractivity (Wildman–Crippen MR) is 129 cm³/mol. The minimum atomic E-state index is -4.38. The second-order valence-electron chi connectivity index (χ2n) is 8.12. The number of rotatable bonds is 8. The fourth-order valence-corrected chi connectivity index (χ4v) is 4.80. The maximum absolute atomic E-state index is 11.7. The minimum absolute atomic E-state index is 0.172. The Balaban J connectivity index is 1.94. The third-order valence-corrected chi connectivity index (χ3v) is 7.03. The molecule has 10 heteroatoms. The van der Waals surface area contributed by atoms with Crippen LogP contribution < -0.4 is 4.90 Å². The van der Waals surface area contributed by atoms with Crippen molar-refractivity contribution in [2.45, 2.75) is 30.6 Å². The first-order valence-electron chi connectivity index (χ1n) is 10.2. The van der Waals surface area contributed by atoms with Crippen molar-refractivity contribution in [1.29, 1.82) is 0 Å². The zero-order chi connectivity index (χ0) is 24.3. The fourth-order valence-electron chi connectivity index (χ4n) is 3.80. The molecule has 0 amide bonds. The van der Waals surface area contributed by atoms with Crippen LogP contribution in [0.2, 0.25) is 0 Å². The zero-order valence-corrected chi connectivity index (χ0v) is 19.9. The summed E-state index contributed by atoms with van der Waals surface area (Å²) >= 11 is 0. The Morgan fingerprint density at radius 2 is 1.70 bits per heavy atom. The number of nitrogens with zero attached hydrogens (tertiary/aromatic N) is 2. The first-order chi connectivity index (χ1) is 15.4. The lowest BCUT2D eigenvalue weighted by molar-refractivity contribution is 0.479. The average Bonchev–Trinajstić information content (AvgIpc) is 2.93. The molecule has 2 aromatic carbocycles. The highest BCUT2D eigenvalue weighted by molar-refractivity contribution is 7.86. The van der Waals surface area contributed by atoms with Gasteiger partial charge in [-0.25, -0.2) is 0 Å². The van der Waals surface area contributed by atoms with Crippen molar-refractivity contribution in [3.63, 3.8) is 0 Å².